The summed E-state index contributed by atoms with van der Waals surface area (Å²) < 4.78 is 0. The Bertz CT molecular complexity index is 156. The molecule has 84 valence electrons. The number of hydrogen-bond acceptors (Lipinski definition) is 2. The molecule has 1 heterocycles. The third-order valence-electron chi connectivity index (χ3n) is 3.35. The minimum Gasteiger partial charge on any atom is -0.298 e. The van der Waals surface area contributed by atoms with Crippen LogP contribution in [0.2, 0.25) is 0 Å². The van der Waals surface area contributed by atoms with Crippen molar-refractivity contribution in [3.05, 3.63) is 0 Å². The Hall–Kier alpha value is -0.0800. The lowest BCUT2D eigenvalue weighted by Crippen LogP contribution is -2.54. The molecule has 1 aliphatic heterocycles. The molecule has 0 spiro atoms. The highest BCUT2D eigenvalue weighted by molar-refractivity contribution is 4.82. The summed E-state index contributed by atoms with van der Waals surface area (Å²) in [6, 6.07) is 1.51. The highest BCUT2D eigenvalue weighted by Crippen LogP contribution is 2.14. The second kappa shape index (κ2) is 5.72. The van der Waals surface area contributed by atoms with E-state index in [0.29, 0.717) is 6.04 Å². The topological polar surface area (TPSA) is 6.48 Å². The average molecular weight is 198 g/mol. The van der Waals surface area contributed by atoms with Gasteiger partial charge in [-0.2, -0.15) is 0 Å². The SMILES string of the molecule is CCCN1CCN(C(C)C)CC1CC. The number of nitrogens with zero attached hydrogens (tertiary/aromatic N) is 2. The predicted molar refractivity (Wildman–Crippen MR) is 62.7 cm³/mol. The fraction of sp³-hybridized carbons (Fsp3) is 1.00. The van der Waals surface area contributed by atoms with E-state index in [-0.39, 0.29) is 0 Å². The van der Waals surface area contributed by atoms with Crippen molar-refractivity contribution in [1.82, 2.24) is 9.80 Å². The summed E-state index contributed by atoms with van der Waals surface area (Å²) in [7, 11) is 0. The molecule has 0 aromatic carbocycles. The van der Waals surface area contributed by atoms with E-state index in [1.807, 2.05) is 0 Å². The number of rotatable bonds is 4. The normalized spacial score (nSPS) is 25.9. The van der Waals surface area contributed by atoms with Gasteiger partial charge in [-0.25, -0.2) is 0 Å². The van der Waals surface area contributed by atoms with Crippen molar-refractivity contribution in [2.24, 2.45) is 0 Å². The Kier molecular flexibility index (Phi) is 4.90. The Morgan fingerprint density at radius 2 is 1.93 bits per heavy atom. The summed E-state index contributed by atoms with van der Waals surface area (Å²) in [6.07, 6.45) is 2.58. The third-order valence-corrected chi connectivity index (χ3v) is 3.35. The monoisotopic (exact) mass is 198 g/mol. The molecular formula is C12H26N2. The highest BCUT2D eigenvalue weighted by Gasteiger charge is 2.25. The van der Waals surface area contributed by atoms with Crippen LogP contribution in [0.4, 0.5) is 0 Å². The van der Waals surface area contributed by atoms with Crippen molar-refractivity contribution < 1.29 is 0 Å². The van der Waals surface area contributed by atoms with Gasteiger partial charge in [0, 0.05) is 31.7 Å². The lowest BCUT2D eigenvalue weighted by atomic mass is 10.1. The highest BCUT2D eigenvalue weighted by atomic mass is 15.3. The molecule has 1 rings (SSSR count). The summed E-state index contributed by atoms with van der Waals surface area (Å²) in [6.45, 7) is 14.3. The van der Waals surface area contributed by atoms with E-state index in [0.717, 1.165) is 6.04 Å². The van der Waals surface area contributed by atoms with Crippen molar-refractivity contribution in [2.75, 3.05) is 26.2 Å². The zero-order chi connectivity index (χ0) is 10.6. The maximum Gasteiger partial charge on any atom is 0.0221 e. The van der Waals surface area contributed by atoms with E-state index in [4.69, 9.17) is 0 Å². The van der Waals surface area contributed by atoms with Gasteiger partial charge in [-0.3, -0.25) is 9.80 Å². The Morgan fingerprint density at radius 3 is 2.43 bits per heavy atom. The van der Waals surface area contributed by atoms with Crippen molar-refractivity contribution in [3.8, 4) is 0 Å². The first-order valence-corrected chi connectivity index (χ1v) is 6.17. The van der Waals surface area contributed by atoms with Crippen molar-refractivity contribution >= 4 is 0 Å². The standard InChI is InChI=1S/C12H26N2/c1-5-7-13-8-9-14(11(3)4)10-12(13)6-2/h11-12H,5-10H2,1-4H3. The van der Waals surface area contributed by atoms with E-state index < -0.39 is 0 Å². The Balaban J connectivity index is 2.46. The summed E-state index contributed by atoms with van der Waals surface area (Å²) in [5.74, 6) is 0. The molecule has 0 aromatic rings. The number of hydrogen-bond donors (Lipinski definition) is 0. The Morgan fingerprint density at radius 1 is 1.21 bits per heavy atom. The molecule has 0 radical (unpaired) electrons. The van der Waals surface area contributed by atoms with Gasteiger partial charge in [-0.05, 0) is 33.2 Å². The Labute approximate surface area is 89.3 Å². The van der Waals surface area contributed by atoms with Gasteiger partial charge < -0.3 is 0 Å². The fourth-order valence-corrected chi connectivity index (χ4v) is 2.35. The van der Waals surface area contributed by atoms with Gasteiger partial charge in [0.1, 0.15) is 0 Å². The first-order chi connectivity index (χ1) is 6.69. The smallest absolute Gasteiger partial charge is 0.0221 e. The summed E-state index contributed by atoms with van der Waals surface area (Å²) >= 11 is 0. The molecule has 14 heavy (non-hydrogen) atoms. The second-order valence-corrected chi connectivity index (χ2v) is 4.69. The molecule has 0 N–H and O–H groups in total. The van der Waals surface area contributed by atoms with Crippen LogP contribution < -0.4 is 0 Å². The molecule has 0 saturated carbocycles. The molecule has 1 atom stereocenters. The first-order valence-electron chi connectivity index (χ1n) is 6.17. The lowest BCUT2D eigenvalue weighted by Gasteiger charge is -2.42. The zero-order valence-electron chi connectivity index (χ0n) is 10.3. The molecule has 0 aliphatic carbocycles. The molecule has 0 amide bonds. The van der Waals surface area contributed by atoms with Gasteiger partial charge in [0.2, 0.25) is 0 Å². The van der Waals surface area contributed by atoms with Gasteiger partial charge in [-0.1, -0.05) is 13.8 Å². The lowest BCUT2D eigenvalue weighted by molar-refractivity contribution is 0.0548. The van der Waals surface area contributed by atoms with Gasteiger partial charge in [0.25, 0.3) is 0 Å². The molecule has 1 unspecified atom stereocenters. The molecule has 1 fully saturated rings. The predicted octanol–water partition coefficient (Wildman–Crippen LogP) is 2.20. The maximum atomic E-state index is 2.67. The molecular weight excluding hydrogens is 172 g/mol. The average Bonchev–Trinajstić information content (AvgIpc) is 2.18. The molecule has 1 aliphatic rings. The molecule has 1 saturated heterocycles. The van der Waals surface area contributed by atoms with E-state index >= 15 is 0 Å². The third kappa shape index (κ3) is 2.96. The quantitative estimate of drug-likeness (QED) is 0.683. The van der Waals surface area contributed by atoms with Crippen LogP contribution in [0.25, 0.3) is 0 Å². The van der Waals surface area contributed by atoms with E-state index in [2.05, 4.69) is 37.5 Å². The molecule has 0 bridgehead atoms. The fourth-order valence-electron chi connectivity index (χ4n) is 2.35. The van der Waals surface area contributed by atoms with E-state index in [1.165, 1.54) is 39.0 Å². The van der Waals surface area contributed by atoms with E-state index in [9.17, 15) is 0 Å². The van der Waals surface area contributed by atoms with Crippen LogP contribution in [-0.4, -0.2) is 48.1 Å². The van der Waals surface area contributed by atoms with Crippen LogP contribution >= 0.6 is 0 Å². The van der Waals surface area contributed by atoms with Crippen LogP contribution in [-0.2, 0) is 0 Å². The van der Waals surface area contributed by atoms with Gasteiger partial charge in [0.05, 0.1) is 0 Å². The molecule has 2 nitrogen and oxygen atoms in total. The molecule has 2 heteroatoms. The largest absolute Gasteiger partial charge is 0.298 e. The summed E-state index contributed by atoms with van der Waals surface area (Å²) in [4.78, 5) is 5.28. The number of piperazine rings is 1. The van der Waals surface area contributed by atoms with Crippen molar-refractivity contribution in [1.29, 1.82) is 0 Å². The van der Waals surface area contributed by atoms with E-state index in [1.54, 1.807) is 0 Å². The van der Waals surface area contributed by atoms with Crippen LogP contribution in [0.15, 0.2) is 0 Å². The molecule has 0 aromatic heterocycles. The summed E-state index contributed by atoms with van der Waals surface area (Å²) in [5, 5.41) is 0. The maximum absolute atomic E-state index is 2.67. The van der Waals surface area contributed by atoms with Gasteiger partial charge in [0.15, 0.2) is 0 Å². The van der Waals surface area contributed by atoms with Crippen LogP contribution in [0.5, 0.6) is 0 Å². The van der Waals surface area contributed by atoms with Crippen LogP contribution in [0, 0.1) is 0 Å². The minimum absolute atomic E-state index is 0.716. The van der Waals surface area contributed by atoms with Crippen LogP contribution in [0.3, 0.4) is 0 Å². The van der Waals surface area contributed by atoms with Crippen molar-refractivity contribution in [3.63, 3.8) is 0 Å². The van der Waals surface area contributed by atoms with Crippen molar-refractivity contribution in [2.45, 2.75) is 52.6 Å². The first kappa shape index (κ1) is 12.0. The van der Waals surface area contributed by atoms with Crippen LogP contribution in [0.1, 0.15) is 40.5 Å². The van der Waals surface area contributed by atoms with Gasteiger partial charge >= 0.3 is 0 Å². The minimum atomic E-state index is 0.716. The van der Waals surface area contributed by atoms with Gasteiger partial charge in [-0.15, -0.1) is 0 Å². The zero-order valence-corrected chi connectivity index (χ0v) is 10.3. The second-order valence-electron chi connectivity index (χ2n) is 4.69. The summed E-state index contributed by atoms with van der Waals surface area (Å²) in [5.41, 5.74) is 0.